The molecular formula is C20H17ClN4O4. The third-order valence-electron chi connectivity index (χ3n) is 3.48. The van der Waals surface area contributed by atoms with Gasteiger partial charge in [-0.2, -0.15) is 0 Å². The Bertz CT molecular complexity index is 968. The number of benzene rings is 2. The zero-order valence-electron chi connectivity index (χ0n) is 15.1. The number of ether oxygens (including phenoxy) is 2. The highest BCUT2D eigenvalue weighted by Crippen LogP contribution is 2.23. The largest absolute Gasteiger partial charge is 0.484 e. The molecule has 1 heterocycles. The van der Waals surface area contributed by atoms with Gasteiger partial charge < -0.3 is 14.8 Å². The molecule has 0 radical (unpaired) electrons. The molecule has 0 bridgehead atoms. The number of carbonyl (C=O) groups excluding carboxylic acids is 2. The van der Waals surface area contributed by atoms with Crippen molar-refractivity contribution in [1.82, 2.24) is 15.8 Å². The van der Waals surface area contributed by atoms with Crippen molar-refractivity contribution in [1.29, 1.82) is 0 Å². The van der Waals surface area contributed by atoms with Crippen molar-refractivity contribution in [2.75, 3.05) is 11.9 Å². The number of urea groups is 1. The molecule has 0 atom stereocenters. The molecule has 148 valence electrons. The number of aromatic nitrogens is 1. The molecule has 3 N–H and O–H groups in total. The summed E-state index contributed by atoms with van der Waals surface area (Å²) < 4.78 is 11.0. The topological polar surface area (TPSA) is 102 Å². The van der Waals surface area contributed by atoms with E-state index in [0.717, 1.165) is 0 Å². The lowest BCUT2D eigenvalue weighted by molar-refractivity contribution is -0.123. The maximum Gasteiger partial charge on any atom is 0.337 e. The van der Waals surface area contributed by atoms with Gasteiger partial charge in [-0.3, -0.25) is 15.2 Å². The molecule has 0 aliphatic rings. The fraction of sp³-hybridized carbons (Fsp3) is 0.0500. The van der Waals surface area contributed by atoms with Crippen molar-refractivity contribution in [3.8, 4) is 17.2 Å². The van der Waals surface area contributed by atoms with E-state index in [2.05, 4.69) is 21.2 Å². The monoisotopic (exact) mass is 412 g/mol. The van der Waals surface area contributed by atoms with Gasteiger partial charge in [0.25, 0.3) is 5.91 Å². The summed E-state index contributed by atoms with van der Waals surface area (Å²) in [6, 6.07) is 16.2. The van der Waals surface area contributed by atoms with Crippen LogP contribution in [0.15, 0.2) is 73.1 Å². The fourth-order valence-electron chi connectivity index (χ4n) is 2.18. The quantitative estimate of drug-likeness (QED) is 0.535. The molecule has 0 fully saturated rings. The number of hydrogen-bond donors (Lipinski definition) is 3. The second kappa shape index (κ2) is 9.95. The molecule has 8 nitrogen and oxygen atoms in total. The fourth-order valence-corrected chi connectivity index (χ4v) is 2.31. The highest BCUT2D eigenvalue weighted by molar-refractivity contribution is 6.30. The molecule has 3 amide bonds. The van der Waals surface area contributed by atoms with Crippen molar-refractivity contribution < 1.29 is 19.1 Å². The van der Waals surface area contributed by atoms with Crippen molar-refractivity contribution in [2.24, 2.45) is 0 Å². The van der Waals surface area contributed by atoms with E-state index in [0.29, 0.717) is 28.0 Å². The van der Waals surface area contributed by atoms with Gasteiger partial charge >= 0.3 is 6.03 Å². The standard InChI is InChI=1S/C20H17ClN4O4/c21-14-4-6-16(7-5-14)28-13-19(26)24-25-20(27)23-15-2-1-3-18(12-15)29-17-8-10-22-11-9-17/h1-12H,13H2,(H,24,26)(H2,23,25,27). The van der Waals surface area contributed by atoms with Gasteiger partial charge in [-0.1, -0.05) is 17.7 Å². The van der Waals surface area contributed by atoms with Crippen LogP contribution in [0.5, 0.6) is 17.2 Å². The van der Waals surface area contributed by atoms with E-state index in [9.17, 15) is 9.59 Å². The summed E-state index contributed by atoms with van der Waals surface area (Å²) in [7, 11) is 0. The minimum Gasteiger partial charge on any atom is -0.484 e. The zero-order valence-corrected chi connectivity index (χ0v) is 15.8. The Labute approximate surface area is 171 Å². The molecule has 0 spiro atoms. The summed E-state index contributed by atoms with van der Waals surface area (Å²) >= 11 is 5.78. The zero-order chi connectivity index (χ0) is 20.5. The normalized spacial score (nSPS) is 9.97. The van der Waals surface area contributed by atoms with Gasteiger partial charge in [0.1, 0.15) is 17.2 Å². The SMILES string of the molecule is O=C(COc1ccc(Cl)cc1)NNC(=O)Nc1cccc(Oc2ccncc2)c1. The number of halogens is 1. The Morgan fingerprint density at radius 3 is 2.41 bits per heavy atom. The average Bonchev–Trinajstić information content (AvgIpc) is 2.73. The summed E-state index contributed by atoms with van der Waals surface area (Å²) in [5, 5.41) is 3.16. The predicted molar refractivity (Wildman–Crippen MR) is 108 cm³/mol. The summed E-state index contributed by atoms with van der Waals surface area (Å²) in [5.41, 5.74) is 4.98. The highest BCUT2D eigenvalue weighted by atomic mass is 35.5. The number of hydrazine groups is 1. The smallest absolute Gasteiger partial charge is 0.337 e. The van der Waals surface area contributed by atoms with E-state index in [4.69, 9.17) is 21.1 Å². The molecule has 9 heteroatoms. The van der Waals surface area contributed by atoms with E-state index < -0.39 is 11.9 Å². The van der Waals surface area contributed by atoms with Crippen molar-refractivity contribution in [3.05, 3.63) is 78.1 Å². The minimum atomic E-state index is -0.620. The number of pyridine rings is 1. The molecule has 3 rings (SSSR count). The summed E-state index contributed by atoms with van der Waals surface area (Å²) in [6.45, 7) is -0.267. The lowest BCUT2D eigenvalue weighted by Crippen LogP contribution is -2.45. The second-order valence-electron chi connectivity index (χ2n) is 5.68. The maximum atomic E-state index is 12.0. The van der Waals surface area contributed by atoms with E-state index in [1.807, 2.05) is 0 Å². The van der Waals surface area contributed by atoms with E-state index >= 15 is 0 Å². The molecule has 0 unspecified atom stereocenters. The first kappa shape index (κ1) is 20.0. The van der Waals surface area contributed by atoms with Crippen LogP contribution in [0.2, 0.25) is 5.02 Å². The van der Waals surface area contributed by atoms with Crippen LogP contribution in [0.25, 0.3) is 0 Å². The van der Waals surface area contributed by atoms with Gasteiger partial charge in [0.2, 0.25) is 0 Å². The third-order valence-corrected chi connectivity index (χ3v) is 3.73. The summed E-state index contributed by atoms with van der Waals surface area (Å²) in [5.74, 6) is 1.12. The van der Waals surface area contributed by atoms with Crippen molar-refractivity contribution in [3.63, 3.8) is 0 Å². The maximum absolute atomic E-state index is 12.0. The average molecular weight is 413 g/mol. The summed E-state index contributed by atoms with van der Waals surface area (Å²) in [4.78, 5) is 27.6. The molecule has 0 saturated carbocycles. The molecule has 0 saturated heterocycles. The van der Waals surface area contributed by atoms with Crippen molar-refractivity contribution >= 4 is 29.2 Å². The van der Waals surface area contributed by atoms with Crippen LogP contribution in [0, 0.1) is 0 Å². The predicted octanol–water partition coefficient (Wildman–Crippen LogP) is 3.76. The van der Waals surface area contributed by atoms with Crippen LogP contribution in [-0.4, -0.2) is 23.5 Å². The molecule has 0 aliphatic carbocycles. The Morgan fingerprint density at radius 1 is 0.897 bits per heavy atom. The van der Waals surface area contributed by atoms with Gasteiger partial charge in [0, 0.05) is 29.2 Å². The van der Waals surface area contributed by atoms with Gasteiger partial charge in [0.15, 0.2) is 6.61 Å². The minimum absolute atomic E-state index is 0.267. The van der Waals surface area contributed by atoms with Crippen molar-refractivity contribution in [2.45, 2.75) is 0 Å². The Kier molecular flexibility index (Phi) is 6.85. The first-order valence-electron chi connectivity index (χ1n) is 8.50. The summed E-state index contributed by atoms with van der Waals surface area (Å²) in [6.07, 6.45) is 3.23. The Hall–Kier alpha value is -3.78. The first-order chi connectivity index (χ1) is 14.1. The molecule has 1 aromatic heterocycles. The van der Waals surface area contributed by atoms with Crippen LogP contribution >= 0.6 is 11.6 Å². The third kappa shape index (κ3) is 6.71. The molecular weight excluding hydrogens is 396 g/mol. The number of nitrogens with zero attached hydrogens (tertiary/aromatic N) is 1. The van der Waals surface area contributed by atoms with Crippen LogP contribution in [-0.2, 0) is 4.79 Å². The van der Waals surface area contributed by atoms with Crippen LogP contribution < -0.4 is 25.6 Å². The number of anilines is 1. The highest BCUT2D eigenvalue weighted by Gasteiger charge is 2.07. The lowest BCUT2D eigenvalue weighted by Gasteiger charge is -2.11. The molecule has 2 aromatic carbocycles. The molecule has 3 aromatic rings. The lowest BCUT2D eigenvalue weighted by atomic mass is 10.3. The Morgan fingerprint density at radius 2 is 1.66 bits per heavy atom. The number of rotatable bonds is 6. The first-order valence-corrected chi connectivity index (χ1v) is 8.88. The van der Waals surface area contributed by atoms with E-state index in [1.165, 1.54) is 0 Å². The van der Waals surface area contributed by atoms with Gasteiger partial charge in [-0.05, 0) is 48.5 Å². The number of amides is 3. The molecule has 29 heavy (non-hydrogen) atoms. The van der Waals surface area contributed by atoms with Gasteiger partial charge in [0.05, 0.1) is 0 Å². The van der Waals surface area contributed by atoms with Crippen LogP contribution in [0.1, 0.15) is 0 Å². The number of nitrogens with one attached hydrogen (secondary N) is 3. The van der Waals surface area contributed by atoms with Gasteiger partial charge in [-0.25, -0.2) is 10.2 Å². The van der Waals surface area contributed by atoms with Crippen LogP contribution in [0.3, 0.4) is 0 Å². The van der Waals surface area contributed by atoms with E-state index in [1.54, 1.807) is 73.1 Å². The number of hydrogen-bond acceptors (Lipinski definition) is 5. The Balaban J connectivity index is 1.43. The number of carbonyl (C=O) groups is 2. The van der Waals surface area contributed by atoms with Gasteiger partial charge in [-0.15, -0.1) is 0 Å². The van der Waals surface area contributed by atoms with Crippen LogP contribution in [0.4, 0.5) is 10.5 Å². The molecule has 0 aliphatic heterocycles. The second-order valence-corrected chi connectivity index (χ2v) is 6.12. The van der Waals surface area contributed by atoms with E-state index in [-0.39, 0.29) is 6.61 Å².